The molecule has 0 fully saturated rings. The van der Waals surface area contributed by atoms with Crippen LogP contribution in [0.15, 0.2) is 28.9 Å². The normalized spacial score (nSPS) is 12.4. The van der Waals surface area contributed by atoms with Crippen molar-refractivity contribution in [1.82, 2.24) is 15.1 Å². The smallest absolute Gasteiger partial charge is 0.161 e. The van der Waals surface area contributed by atoms with E-state index >= 15 is 0 Å². The summed E-state index contributed by atoms with van der Waals surface area (Å²) < 4.78 is 8.55. The van der Waals surface area contributed by atoms with Gasteiger partial charge in [0.2, 0.25) is 0 Å². The number of hydrogen-bond donors (Lipinski definition) is 1. The number of aryl methyl sites for hydroxylation is 2. The topological polar surface area (TPSA) is 39.1 Å². The predicted molar refractivity (Wildman–Crippen MR) is 84.2 cm³/mol. The molecule has 1 aromatic carbocycles. The van der Waals surface area contributed by atoms with Crippen molar-refractivity contribution in [3.05, 3.63) is 45.7 Å². The molecule has 1 atom stereocenters. The molecule has 2 rings (SSSR count). The average Bonchev–Trinajstić information content (AvgIpc) is 2.87. The number of ether oxygens (including phenoxy) is 1. The summed E-state index contributed by atoms with van der Waals surface area (Å²) in [6, 6.07) is 6.31. The fourth-order valence-electron chi connectivity index (χ4n) is 2.41. The molecule has 0 radical (unpaired) electrons. The standard InChI is InChI=1S/C15H20BrN3O/c1-5-19-15(12(20-4)9-18-19)14(17-3)11-8-6-7-10(2)13(11)16/h6-9,14,17H,5H2,1-4H3. The second kappa shape index (κ2) is 6.41. The van der Waals surface area contributed by atoms with Crippen molar-refractivity contribution in [2.45, 2.75) is 26.4 Å². The van der Waals surface area contributed by atoms with E-state index in [0.29, 0.717) is 0 Å². The minimum absolute atomic E-state index is 0.0293. The van der Waals surface area contributed by atoms with Crippen molar-refractivity contribution in [2.24, 2.45) is 0 Å². The van der Waals surface area contributed by atoms with Crippen molar-refractivity contribution in [3.8, 4) is 5.75 Å². The van der Waals surface area contributed by atoms with Gasteiger partial charge in [-0.3, -0.25) is 4.68 Å². The first-order valence-corrected chi connectivity index (χ1v) is 7.45. The molecule has 0 amide bonds. The van der Waals surface area contributed by atoms with E-state index in [1.807, 2.05) is 11.7 Å². The van der Waals surface area contributed by atoms with Crippen molar-refractivity contribution >= 4 is 15.9 Å². The highest BCUT2D eigenvalue weighted by atomic mass is 79.9. The zero-order valence-electron chi connectivity index (χ0n) is 12.3. The molecule has 1 unspecified atom stereocenters. The van der Waals surface area contributed by atoms with E-state index in [9.17, 15) is 0 Å². The molecule has 0 saturated carbocycles. The maximum absolute atomic E-state index is 5.46. The summed E-state index contributed by atoms with van der Waals surface area (Å²) in [7, 11) is 3.63. The molecular weight excluding hydrogens is 318 g/mol. The zero-order valence-corrected chi connectivity index (χ0v) is 13.9. The van der Waals surface area contributed by atoms with E-state index < -0.39 is 0 Å². The molecule has 0 spiro atoms. The summed E-state index contributed by atoms with van der Waals surface area (Å²) in [4.78, 5) is 0. The minimum atomic E-state index is 0.0293. The second-order valence-corrected chi connectivity index (χ2v) is 5.41. The van der Waals surface area contributed by atoms with Crippen LogP contribution in [0.5, 0.6) is 5.75 Å². The first kappa shape index (κ1) is 15.1. The number of aromatic nitrogens is 2. The van der Waals surface area contributed by atoms with Gasteiger partial charge >= 0.3 is 0 Å². The first-order chi connectivity index (χ1) is 9.63. The molecular formula is C15H20BrN3O. The Labute approximate surface area is 128 Å². The Morgan fingerprint density at radius 3 is 2.80 bits per heavy atom. The summed E-state index contributed by atoms with van der Waals surface area (Å²) >= 11 is 3.69. The van der Waals surface area contributed by atoms with Crippen LogP contribution in [0.2, 0.25) is 0 Å². The van der Waals surface area contributed by atoms with Crippen molar-refractivity contribution in [3.63, 3.8) is 0 Å². The number of nitrogens with zero attached hydrogens (tertiary/aromatic N) is 2. The average molecular weight is 338 g/mol. The zero-order chi connectivity index (χ0) is 14.7. The SMILES string of the molecule is CCn1ncc(OC)c1C(NC)c1cccc(C)c1Br. The van der Waals surface area contributed by atoms with Crippen LogP contribution in [-0.2, 0) is 6.54 Å². The van der Waals surface area contributed by atoms with Gasteiger partial charge in [-0.2, -0.15) is 5.10 Å². The van der Waals surface area contributed by atoms with Gasteiger partial charge < -0.3 is 10.1 Å². The second-order valence-electron chi connectivity index (χ2n) is 4.61. The summed E-state index contributed by atoms with van der Waals surface area (Å²) in [6.07, 6.45) is 1.77. The Bertz CT molecular complexity index is 573. The third-order valence-corrected chi connectivity index (χ3v) is 4.54. The van der Waals surface area contributed by atoms with Gasteiger partial charge in [0.1, 0.15) is 5.69 Å². The number of halogens is 1. The predicted octanol–water partition coefficient (Wildman–Crippen LogP) is 3.29. The van der Waals surface area contributed by atoms with E-state index in [1.54, 1.807) is 13.3 Å². The van der Waals surface area contributed by atoms with Crippen LogP contribution in [0.3, 0.4) is 0 Å². The van der Waals surface area contributed by atoms with Crippen LogP contribution >= 0.6 is 15.9 Å². The van der Waals surface area contributed by atoms with Gasteiger partial charge in [0.05, 0.1) is 19.3 Å². The lowest BCUT2D eigenvalue weighted by atomic mass is 10.0. The fraction of sp³-hybridized carbons (Fsp3) is 0.400. The quantitative estimate of drug-likeness (QED) is 0.909. The van der Waals surface area contributed by atoms with Crippen molar-refractivity contribution in [1.29, 1.82) is 0 Å². The van der Waals surface area contributed by atoms with E-state index in [4.69, 9.17) is 4.74 Å². The van der Waals surface area contributed by atoms with Gasteiger partial charge in [0.25, 0.3) is 0 Å². The molecule has 0 saturated heterocycles. The largest absolute Gasteiger partial charge is 0.493 e. The van der Waals surface area contributed by atoms with Crippen molar-refractivity contribution < 1.29 is 4.74 Å². The van der Waals surface area contributed by atoms with Crippen LogP contribution in [0.25, 0.3) is 0 Å². The van der Waals surface area contributed by atoms with Crippen LogP contribution in [0, 0.1) is 6.92 Å². The van der Waals surface area contributed by atoms with Crippen molar-refractivity contribution in [2.75, 3.05) is 14.2 Å². The monoisotopic (exact) mass is 337 g/mol. The molecule has 2 aromatic rings. The first-order valence-electron chi connectivity index (χ1n) is 6.66. The summed E-state index contributed by atoms with van der Waals surface area (Å²) in [6.45, 7) is 4.98. The molecule has 0 aliphatic heterocycles. The van der Waals surface area contributed by atoms with Gasteiger partial charge in [-0.05, 0) is 32.0 Å². The highest BCUT2D eigenvalue weighted by molar-refractivity contribution is 9.10. The minimum Gasteiger partial charge on any atom is -0.493 e. The van der Waals surface area contributed by atoms with Crippen LogP contribution in [0.4, 0.5) is 0 Å². The highest BCUT2D eigenvalue weighted by Crippen LogP contribution is 2.34. The highest BCUT2D eigenvalue weighted by Gasteiger charge is 2.23. The molecule has 0 aliphatic rings. The molecule has 20 heavy (non-hydrogen) atoms. The van der Waals surface area contributed by atoms with E-state index in [1.165, 1.54) is 11.1 Å². The summed E-state index contributed by atoms with van der Waals surface area (Å²) in [5.74, 6) is 0.805. The Morgan fingerprint density at radius 2 is 2.20 bits per heavy atom. The number of nitrogens with one attached hydrogen (secondary N) is 1. The van der Waals surface area contributed by atoms with Gasteiger partial charge in [-0.25, -0.2) is 0 Å². The number of hydrogen-bond acceptors (Lipinski definition) is 3. The van der Waals surface area contributed by atoms with Gasteiger partial charge in [-0.1, -0.05) is 34.1 Å². The van der Waals surface area contributed by atoms with Gasteiger partial charge in [0, 0.05) is 11.0 Å². The molecule has 5 heteroatoms. The number of rotatable bonds is 5. The summed E-state index contributed by atoms with van der Waals surface area (Å²) in [5, 5.41) is 7.76. The third kappa shape index (κ3) is 2.60. The molecule has 1 aromatic heterocycles. The fourth-order valence-corrected chi connectivity index (χ4v) is 2.90. The summed E-state index contributed by atoms with van der Waals surface area (Å²) in [5.41, 5.74) is 3.44. The molecule has 0 bridgehead atoms. The van der Waals surface area contributed by atoms with E-state index in [2.05, 4.69) is 58.4 Å². The molecule has 0 aliphatic carbocycles. The van der Waals surface area contributed by atoms with Crippen LogP contribution < -0.4 is 10.1 Å². The number of benzene rings is 1. The molecule has 108 valence electrons. The lowest BCUT2D eigenvalue weighted by molar-refractivity contribution is 0.401. The van der Waals surface area contributed by atoms with E-state index in [0.717, 1.165) is 22.5 Å². The van der Waals surface area contributed by atoms with E-state index in [-0.39, 0.29) is 6.04 Å². The Balaban J connectivity index is 2.58. The lowest BCUT2D eigenvalue weighted by Crippen LogP contribution is -2.22. The Kier molecular flexibility index (Phi) is 4.83. The van der Waals surface area contributed by atoms with Gasteiger partial charge in [-0.15, -0.1) is 0 Å². The molecule has 1 N–H and O–H groups in total. The maximum atomic E-state index is 5.46. The van der Waals surface area contributed by atoms with Crippen LogP contribution in [0.1, 0.15) is 29.8 Å². The molecule has 4 nitrogen and oxygen atoms in total. The maximum Gasteiger partial charge on any atom is 0.161 e. The lowest BCUT2D eigenvalue weighted by Gasteiger charge is -2.21. The van der Waals surface area contributed by atoms with Crippen LogP contribution in [-0.4, -0.2) is 23.9 Å². The van der Waals surface area contributed by atoms with Gasteiger partial charge in [0.15, 0.2) is 5.75 Å². The third-order valence-electron chi connectivity index (χ3n) is 3.46. The number of methoxy groups -OCH3 is 1. The molecule has 1 heterocycles. The Morgan fingerprint density at radius 1 is 1.45 bits per heavy atom. The Hall–Kier alpha value is -1.33.